The van der Waals surface area contributed by atoms with E-state index in [9.17, 15) is 4.79 Å². The molecule has 0 spiro atoms. The second kappa shape index (κ2) is 9.21. The van der Waals surface area contributed by atoms with Crippen LogP contribution >= 0.6 is 0 Å². The number of aromatic amines is 1. The summed E-state index contributed by atoms with van der Waals surface area (Å²) >= 11 is 0. The number of methoxy groups -OCH3 is 2. The van der Waals surface area contributed by atoms with Crippen LogP contribution in [-0.4, -0.2) is 53.4 Å². The summed E-state index contributed by atoms with van der Waals surface area (Å²) in [6.45, 7) is 0.930. The number of nitrogens with zero attached hydrogens (tertiary/aromatic N) is 3. The Bertz CT molecular complexity index is 915. The summed E-state index contributed by atoms with van der Waals surface area (Å²) in [5.41, 5.74) is 1.17. The molecule has 3 aromatic rings. The number of rotatable bonds is 9. The van der Waals surface area contributed by atoms with Crippen LogP contribution in [0.25, 0.3) is 0 Å². The van der Waals surface area contributed by atoms with E-state index < -0.39 is 0 Å². The quantitative estimate of drug-likeness (QED) is 0.412. The third-order valence-corrected chi connectivity index (χ3v) is 3.80. The van der Waals surface area contributed by atoms with E-state index in [2.05, 4.69) is 36.1 Å². The lowest BCUT2D eigenvalue weighted by Crippen LogP contribution is -2.29. The van der Waals surface area contributed by atoms with Crippen LogP contribution in [0.15, 0.2) is 42.9 Å². The zero-order valence-electron chi connectivity index (χ0n) is 15.5. The van der Waals surface area contributed by atoms with Crippen molar-refractivity contribution in [2.24, 2.45) is 0 Å². The molecule has 3 rings (SSSR count). The molecular weight excluding hydrogens is 362 g/mol. The molecule has 0 aliphatic rings. The number of carbonyl (C=O) groups is 1. The molecule has 0 radical (unpaired) electrons. The Labute approximate surface area is 161 Å². The van der Waals surface area contributed by atoms with Gasteiger partial charge in [-0.15, -0.1) is 0 Å². The fourth-order valence-electron chi connectivity index (χ4n) is 2.41. The van der Waals surface area contributed by atoms with Crippen molar-refractivity contribution in [3.8, 4) is 11.5 Å². The summed E-state index contributed by atoms with van der Waals surface area (Å²) in [5.74, 6) is 2.35. The van der Waals surface area contributed by atoms with Crippen molar-refractivity contribution in [3.63, 3.8) is 0 Å². The Balaban J connectivity index is 1.55. The molecular formula is C18H21N7O3. The van der Waals surface area contributed by atoms with Gasteiger partial charge in [-0.2, -0.15) is 5.10 Å². The Morgan fingerprint density at radius 1 is 1.07 bits per heavy atom. The van der Waals surface area contributed by atoms with E-state index in [1.165, 1.54) is 12.5 Å². The first kappa shape index (κ1) is 19.0. The first-order chi connectivity index (χ1) is 13.7. The van der Waals surface area contributed by atoms with Gasteiger partial charge in [-0.25, -0.2) is 9.97 Å². The molecule has 10 heteroatoms. The van der Waals surface area contributed by atoms with Gasteiger partial charge in [0, 0.05) is 31.4 Å². The van der Waals surface area contributed by atoms with Crippen LogP contribution in [0.3, 0.4) is 0 Å². The van der Waals surface area contributed by atoms with Gasteiger partial charge in [0.25, 0.3) is 5.91 Å². The lowest BCUT2D eigenvalue weighted by molar-refractivity contribution is 0.0950. The predicted molar refractivity (Wildman–Crippen MR) is 104 cm³/mol. The van der Waals surface area contributed by atoms with E-state index in [0.717, 1.165) is 5.69 Å². The van der Waals surface area contributed by atoms with Crippen molar-refractivity contribution in [2.45, 2.75) is 0 Å². The van der Waals surface area contributed by atoms with Gasteiger partial charge in [-0.1, -0.05) is 0 Å². The van der Waals surface area contributed by atoms with Gasteiger partial charge in [0.15, 0.2) is 0 Å². The van der Waals surface area contributed by atoms with Crippen molar-refractivity contribution in [1.82, 2.24) is 25.5 Å². The molecule has 0 aliphatic heterocycles. The number of ether oxygens (including phenoxy) is 2. The lowest BCUT2D eigenvalue weighted by Gasteiger charge is -2.13. The zero-order chi connectivity index (χ0) is 19.8. The minimum absolute atomic E-state index is 0.212. The largest absolute Gasteiger partial charge is 0.497 e. The SMILES string of the molecule is COc1ccc(Nc2cc(NCCNC(=O)c3ccn[nH]3)ncn2)c(OC)c1. The van der Waals surface area contributed by atoms with Crippen LogP contribution in [0.4, 0.5) is 17.3 Å². The minimum atomic E-state index is -0.212. The number of carbonyl (C=O) groups excluding carboxylic acids is 1. The molecule has 0 saturated heterocycles. The highest BCUT2D eigenvalue weighted by molar-refractivity contribution is 5.92. The first-order valence-electron chi connectivity index (χ1n) is 8.52. The third kappa shape index (κ3) is 4.87. The Morgan fingerprint density at radius 3 is 2.68 bits per heavy atom. The fraction of sp³-hybridized carbons (Fsp3) is 0.222. The molecule has 1 amide bonds. The average molecular weight is 383 g/mol. The predicted octanol–water partition coefficient (Wildman–Crippen LogP) is 1.80. The Kier molecular flexibility index (Phi) is 6.24. The topological polar surface area (TPSA) is 126 Å². The standard InChI is InChI=1S/C18H21N7O3/c1-27-12-3-4-13(15(9-12)28-2)24-17-10-16(21-11-22-17)19-7-8-20-18(26)14-5-6-23-25-14/h3-6,9-11H,7-8H2,1-2H3,(H,20,26)(H,23,25)(H2,19,21,22,24). The minimum Gasteiger partial charge on any atom is -0.497 e. The van der Waals surface area contributed by atoms with Gasteiger partial charge in [0.05, 0.1) is 19.9 Å². The van der Waals surface area contributed by atoms with E-state index in [1.54, 1.807) is 32.4 Å². The van der Waals surface area contributed by atoms with Gasteiger partial charge in [-0.05, 0) is 18.2 Å². The molecule has 146 valence electrons. The van der Waals surface area contributed by atoms with Crippen molar-refractivity contribution in [3.05, 3.63) is 48.5 Å². The van der Waals surface area contributed by atoms with Crippen molar-refractivity contribution >= 4 is 23.2 Å². The van der Waals surface area contributed by atoms with Crippen LogP contribution < -0.4 is 25.4 Å². The summed E-state index contributed by atoms with van der Waals surface area (Å²) in [6, 6.07) is 8.83. The van der Waals surface area contributed by atoms with Gasteiger partial charge < -0.3 is 25.4 Å². The van der Waals surface area contributed by atoms with Crippen molar-refractivity contribution in [2.75, 3.05) is 37.9 Å². The average Bonchev–Trinajstić information content (AvgIpc) is 3.27. The monoisotopic (exact) mass is 383 g/mol. The lowest BCUT2D eigenvalue weighted by atomic mass is 10.2. The molecule has 1 aromatic carbocycles. The van der Waals surface area contributed by atoms with Gasteiger partial charge in [-0.3, -0.25) is 9.89 Å². The Morgan fingerprint density at radius 2 is 1.93 bits per heavy atom. The van der Waals surface area contributed by atoms with Crippen LogP contribution in [0.1, 0.15) is 10.5 Å². The maximum atomic E-state index is 11.8. The van der Waals surface area contributed by atoms with Gasteiger partial charge in [0.1, 0.15) is 35.2 Å². The van der Waals surface area contributed by atoms with E-state index in [1.807, 2.05) is 12.1 Å². The van der Waals surface area contributed by atoms with Crippen LogP contribution in [-0.2, 0) is 0 Å². The molecule has 0 saturated carbocycles. The number of hydrogen-bond donors (Lipinski definition) is 4. The molecule has 0 atom stereocenters. The number of amides is 1. The molecule has 10 nitrogen and oxygen atoms in total. The summed E-state index contributed by atoms with van der Waals surface area (Å²) in [7, 11) is 3.19. The fourth-order valence-corrected chi connectivity index (χ4v) is 2.41. The molecule has 2 aromatic heterocycles. The van der Waals surface area contributed by atoms with E-state index in [0.29, 0.717) is 41.9 Å². The van der Waals surface area contributed by atoms with Crippen LogP contribution in [0, 0.1) is 0 Å². The van der Waals surface area contributed by atoms with Crippen molar-refractivity contribution in [1.29, 1.82) is 0 Å². The summed E-state index contributed by atoms with van der Waals surface area (Å²) in [5, 5.41) is 15.5. The molecule has 2 heterocycles. The maximum absolute atomic E-state index is 11.8. The number of nitrogens with one attached hydrogen (secondary N) is 4. The maximum Gasteiger partial charge on any atom is 0.269 e. The second-order valence-electron chi connectivity index (χ2n) is 5.63. The van der Waals surface area contributed by atoms with Gasteiger partial charge in [0.2, 0.25) is 0 Å². The van der Waals surface area contributed by atoms with Crippen LogP contribution in [0.2, 0.25) is 0 Å². The summed E-state index contributed by atoms with van der Waals surface area (Å²) < 4.78 is 10.6. The van der Waals surface area contributed by atoms with E-state index >= 15 is 0 Å². The second-order valence-corrected chi connectivity index (χ2v) is 5.63. The van der Waals surface area contributed by atoms with Crippen LogP contribution in [0.5, 0.6) is 11.5 Å². The van der Waals surface area contributed by atoms with E-state index in [4.69, 9.17) is 9.47 Å². The smallest absolute Gasteiger partial charge is 0.269 e. The molecule has 0 unspecified atom stereocenters. The molecule has 0 bridgehead atoms. The Hall–Kier alpha value is -3.82. The molecule has 28 heavy (non-hydrogen) atoms. The number of benzene rings is 1. The number of H-pyrrole nitrogens is 1. The highest BCUT2D eigenvalue weighted by atomic mass is 16.5. The number of aromatic nitrogens is 4. The first-order valence-corrected chi connectivity index (χ1v) is 8.52. The summed E-state index contributed by atoms with van der Waals surface area (Å²) in [4.78, 5) is 20.2. The number of hydrogen-bond acceptors (Lipinski definition) is 8. The van der Waals surface area contributed by atoms with E-state index in [-0.39, 0.29) is 5.91 Å². The highest BCUT2D eigenvalue weighted by Crippen LogP contribution is 2.31. The molecule has 4 N–H and O–H groups in total. The highest BCUT2D eigenvalue weighted by Gasteiger charge is 2.08. The summed E-state index contributed by atoms with van der Waals surface area (Å²) in [6.07, 6.45) is 2.98. The molecule has 0 aliphatic carbocycles. The zero-order valence-corrected chi connectivity index (χ0v) is 15.5. The normalized spacial score (nSPS) is 10.2. The third-order valence-electron chi connectivity index (χ3n) is 3.80. The van der Waals surface area contributed by atoms with Crippen molar-refractivity contribution < 1.29 is 14.3 Å². The molecule has 0 fully saturated rings. The van der Waals surface area contributed by atoms with Gasteiger partial charge >= 0.3 is 0 Å². The number of anilines is 3.